The second-order valence-electron chi connectivity index (χ2n) is 2.83. The van der Waals surface area contributed by atoms with E-state index in [-0.39, 0.29) is 0 Å². The van der Waals surface area contributed by atoms with E-state index < -0.39 is 5.97 Å². The predicted octanol–water partition coefficient (Wildman–Crippen LogP) is 3.05. The van der Waals surface area contributed by atoms with Gasteiger partial charge in [-0.25, -0.2) is 4.79 Å². The minimum atomic E-state index is -0.683. The zero-order chi connectivity index (χ0) is 11.5. The van der Waals surface area contributed by atoms with Crippen LogP contribution in [0, 0.1) is 0 Å². The monoisotopic (exact) mass is 208 g/mol. The summed E-state index contributed by atoms with van der Waals surface area (Å²) in [4.78, 5) is 13.8. The van der Waals surface area contributed by atoms with Crippen LogP contribution in [-0.2, 0) is 9.68 Å². The molecule has 0 atom stereocenters. The number of allylic oxidation sites excluding steroid dienone is 1. The summed E-state index contributed by atoms with van der Waals surface area (Å²) in [6.45, 7) is 3.48. The number of hydrogen-bond donors (Lipinski definition) is 1. The molecule has 1 rings (SSSR count). The van der Waals surface area contributed by atoms with Crippen molar-refractivity contribution >= 4 is 5.97 Å². The summed E-state index contributed by atoms with van der Waals surface area (Å²) in [7, 11) is 0. The van der Waals surface area contributed by atoms with Gasteiger partial charge < -0.3 is 0 Å². The molecule has 0 fully saturated rings. The third-order valence-corrected chi connectivity index (χ3v) is 1.58. The molecule has 82 valence electrons. The van der Waals surface area contributed by atoms with E-state index in [0.717, 1.165) is 6.42 Å². The first kappa shape index (κ1) is 13.4. The highest BCUT2D eigenvalue weighted by Crippen LogP contribution is 1.95. The molecule has 0 aromatic heterocycles. The molecule has 0 aliphatic carbocycles. The Balaban J connectivity index is 0.000000280. The molecular weight excluding hydrogens is 192 g/mol. The molecule has 1 aromatic rings. The minimum absolute atomic E-state index is 0.431. The molecule has 0 spiro atoms. The van der Waals surface area contributed by atoms with Gasteiger partial charge in [-0.1, -0.05) is 49.4 Å². The molecule has 0 aliphatic heterocycles. The van der Waals surface area contributed by atoms with Gasteiger partial charge in [0.05, 0.1) is 0 Å². The average molecular weight is 208 g/mol. The van der Waals surface area contributed by atoms with Crippen molar-refractivity contribution in [3.05, 3.63) is 48.0 Å². The van der Waals surface area contributed by atoms with E-state index in [1.54, 1.807) is 13.0 Å². The van der Waals surface area contributed by atoms with Gasteiger partial charge in [0, 0.05) is 5.57 Å². The van der Waals surface area contributed by atoms with Gasteiger partial charge in [0.2, 0.25) is 0 Å². The molecule has 0 saturated carbocycles. The Bertz CT molecular complexity index is 264. The minimum Gasteiger partial charge on any atom is -0.296 e. The van der Waals surface area contributed by atoms with Crippen LogP contribution in [0.1, 0.15) is 20.3 Å². The second-order valence-corrected chi connectivity index (χ2v) is 2.83. The first-order chi connectivity index (χ1) is 7.22. The number of benzene rings is 1. The fourth-order valence-electron chi connectivity index (χ4n) is 0.846. The molecule has 0 aliphatic rings. The molecule has 0 saturated heterocycles. The summed E-state index contributed by atoms with van der Waals surface area (Å²) < 4.78 is 0. The van der Waals surface area contributed by atoms with E-state index in [2.05, 4.69) is 4.89 Å². The van der Waals surface area contributed by atoms with Crippen molar-refractivity contribution in [2.45, 2.75) is 20.3 Å². The van der Waals surface area contributed by atoms with Gasteiger partial charge >= 0.3 is 5.97 Å². The molecular formula is C12H16O3. The van der Waals surface area contributed by atoms with Crippen LogP contribution in [0.5, 0.6) is 0 Å². The number of rotatable bonds is 2. The Morgan fingerprint density at radius 2 is 1.60 bits per heavy atom. The Labute approximate surface area is 89.9 Å². The molecule has 15 heavy (non-hydrogen) atoms. The SMILES string of the molecule is CCC=C(C)C(=O)OO.c1ccccc1. The topological polar surface area (TPSA) is 46.5 Å². The number of hydrogen-bond acceptors (Lipinski definition) is 3. The van der Waals surface area contributed by atoms with Crippen molar-refractivity contribution in [1.29, 1.82) is 0 Å². The molecule has 0 unspecified atom stereocenters. The van der Waals surface area contributed by atoms with Gasteiger partial charge in [-0.05, 0) is 13.3 Å². The smallest absolute Gasteiger partial charge is 0.296 e. The summed E-state index contributed by atoms with van der Waals surface area (Å²) in [6, 6.07) is 12.0. The lowest BCUT2D eigenvalue weighted by Gasteiger charge is -1.92. The maximum atomic E-state index is 10.4. The number of carbonyl (C=O) groups excluding carboxylic acids is 1. The van der Waals surface area contributed by atoms with Gasteiger partial charge in [-0.2, -0.15) is 5.26 Å². The molecule has 3 heteroatoms. The highest BCUT2D eigenvalue weighted by molar-refractivity contribution is 5.87. The second kappa shape index (κ2) is 8.97. The Hall–Kier alpha value is -1.61. The maximum Gasteiger partial charge on any atom is 0.368 e. The van der Waals surface area contributed by atoms with E-state index in [1.165, 1.54) is 0 Å². The highest BCUT2D eigenvalue weighted by atomic mass is 17.1. The summed E-state index contributed by atoms with van der Waals surface area (Å²) in [6.07, 6.45) is 2.44. The fraction of sp³-hybridized carbons (Fsp3) is 0.250. The van der Waals surface area contributed by atoms with Gasteiger partial charge in [0.1, 0.15) is 0 Å². The van der Waals surface area contributed by atoms with Gasteiger partial charge in [0.25, 0.3) is 0 Å². The lowest BCUT2D eigenvalue weighted by atomic mass is 10.2. The fourth-order valence-corrected chi connectivity index (χ4v) is 0.846. The van der Waals surface area contributed by atoms with Crippen molar-refractivity contribution in [2.75, 3.05) is 0 Å². The summed E-state index contributed by atoms with van der Waals surface area (Å²) >= 11 is 0. The normalized spacial score (nSPS) is 9.93. The third kappa shape index (κ3) is 7.46. The zero-order valence-electron chi connectivity index (χ0n) is 9.01. The van der Waals surface area contributed by atoms with Crippen molar-refractivity contribution in [1.82, 2.24) is 0 Å². The van der Waals surface area contributed by atoms with Crippen molar-refractivity contribution < 1.29 is 14.9 Å². The lowest BCUT2D eigenvalue weighted by molar-refractivity contribution is -0.229. The third-order valence-electron chi connectivity index (χ3n) is 1.58. The van der Waals surface area contributed by atoms with Crippen LogP contribution in [0.4, 0.5) is 0 Å². The van der Waals surface area contributed by atoms with Crippen molar-refractivity contribution in [3.8, 4) is 0 Å². The largest absolute Gasteiger partial charge is 0.368 e. The Kier molecular flexibility index (Phi) is 8.00. The molecule has 1 N–H and O–H groups in total. The molecule has 0 radical (unpaired) electrons. The quantitative estimate of drug-likeness (QED) is 0.461. The Morgan fingerprint density at radius 1 is 1.20 bits per heavy atom. The van der Waals surface area contributed by atoms with Crippen LogP contribution in [0.2, 0.25) is 0 Å². The summed E-state index contributed by atoms with van der Waals surface area (Å²) in [5.74, 6) is -0.683. The summed E-state index contributed by atoms with van der Waals surface area (Å²) in [5, 5.41) is 7.84. The summed E-state index contributed by atoms with van der Waals surface area (Å²) in [5.41, 5.74) is 0.431. The highest BCUT2D eigenvalue weighted by Gasteiger charge is 2.01. The van der Waals surface area contributed by atoms with Crippen LogP contribution in [-0.4, -0.2) is 11.2 Å². The Morgan fingerprint density at radius 3 is 1.87 bits per heavy atom. The maximum absolute atomic E-state index is 10.4. The average Bonchev–Trinajstić information content (AvgIpc) is 2.31. The van der Waals surface area contributed by atoms with E-state index in [4.69, 9.17) is 5.26 Å². The van der Waals surface area contributed by atoms with E-state index in [0.29, 0.717) is 5.57 Å². The molecule has 0 amide bonds. The molecule has 3 nitrogen and oxygen atoms in total. The lowest BCUT2D eigenvalue weighted by Crippen LogP contribution is -2.01. The zero-order valence-corrected chi connectivity index (χ0v) is 9.01. The molecule has 0 bridgehead atoms. The standard InChI is InChI=1S/C6H10O3.C6H6/c1-3-4-5(2)6(7)9-8;1-2-4-6-5-3-1/h4,8H,3H2,1-2H3;1-6H. The first-order valence-corrected chi connectivity index (χ1v) is 4.74. The van der Waals surface area contributed by atoms with Crippen LogP contribution >= 0.6 is 0 Å². The van der Waals surface area contributed by atoms with Crippen LogP contribution in [0.3, 0.4) is 0 Å². The van der Waals surface area contributed by atoms with E-state index in [9.17, 15) is 4.79 Å². The molecule has 1 aromatic carbocycles. The molecule has 0 heterocycles. The van der Waals surface area contributed by atoms with E-state index in [1.807, 2.05) is 43.3 Å². The van der Waals surface area contributed by atoms with Crippen LogP contribution < -0.4 is 0 Å². The number of carbonyl (C=O) groups is 1. The van der Waals surface area contributed by atoms with Crippen molar-refractivity contribution in [2.24, 2.45) is 0 Å². The predicted molar refractivity (Wildman–Crippen MR) is 59.2 cm³/mol. The van der Waals surface area contributed by atoms with Gasteiger partial charge in [-0.15, -0.1) is 0 Å². The van der Waals surface area contributed by atoms with Crippen LogP contribution in [0.15, 0.2) is 48.0 Å². The van der Waals surface area contributed by atoms with Gasteiger partial charge in [-0.3, -0.25) is 4.89 Å². The van der Waals surface area contributed by atoms with E-state index >= 15 is 0 Å². The van der Waals surface area contributed by atoms with Crippen LogP contribution in [0.25, 0.3) is 0 Å². The van der Waals surface area contributed by atoms with Gasteiger partial charge in [0.15, 0.2) is 0 Å². The first-order valence-electron chi connectivity index (χ1n) is 4.74. The van der Waals surface area contributed by atoms with Crippen molar-refractivity contribution in [3.63, 3.8) is 0 Å².